The Morgan fingerprint density at radius 3 is 2.00 bits per heavy atom. The van der Waals surface area contributed by atoms with Gasteiger partial charge in [0, 0.05) is 28.0 Å². The molecule has 0 heterocycles. The van der Waals surface area contributed by atoms with Crippen molar-refractivity contribution in [1.29, 1.82) is 0 Å². The summed E-state index contributed by atoms with van der Waals surface area (Å²) in [7, 11) is -0.634. The standard InChI is InChI=1S/C7H16Br3N2O2P/c1-11-15(13,14)12(2)6-7(3-8,4-9)5-10/h3-6H2,1-2H3,(H2,11,13,14)/p-1. The third-order valence-electron chi connectivity index (χ3n) is 2.15. The van der Waals surface area contributed by atoms with Crippen molar-refractivity contribution in [3.8, 4) is 0 Å². The Labute approximate surface area is 116 Å². The molecule has 1 unspecified atom stereocenters. The van der Waals surface area contributed by atoms with Crippen LogP contribution in [0.5, 0.6) is 0 Å². The summed E-state index contributed by atoms with van der Waals surface area (Å²) < 4.78 is 12.9. The molecule has 0 fully saturated rings. The Morgan fingerprint density at radius 2 is 1.73 bits per heavy atom. The highest BCUT2D eigenvalue weighted by Crippen LogP contribution is 2.37. The van der Waals surface area contributed by atoms with Crippen molar-refractivity contribution in [2.45, 2.75) is 0 Å². The third kappa shape index (κ3) is 4.74. The lowest BCUT2D eigenvalue weighted by molar-refractivity contribution is -0.190. The molecule has 0 radical (unpaired) electrons. The fourth-order valence-corrected chi connectivity index (χ4v) is 5.13. The minimum absolute atomic E-state index is 0.133. The van der Waals surface area contributed by atoms with Gasteiger partial charge in [0.25, 0.3) is 0 Å². The van der Waals surface area contributed by atoms with E-state index < -0.39 is 7.67 Å². The fraction of sp³-hybridized carbons (Fsp3) is 1.00. The lowest BCUT2D eigenvalue weighted by Gasteiger charge is -2.39. The Hall–Kier alpha value is 1.55. The normalized spacial score (nSPS) is 16.7. The maximum Gasteiger partial charge on any atom is 0.145 e. The first-order valence-corrected chi connectivity index (χ1v) is 9.21. The predicted octanol–water partition coefficient (Wildman–Crippen LogP) is 1.78. The summed E-state index contributed by atoms with van der Waals surface area (Å²) in [6.07, 6.45) is 0. The van der Waals surface area contributed by atoms with Gasteiger partial charge in [0.05, 0.1) is 0 Å². The average molecular weight is 430 g/mol. The maximum absolute atomic E-state index is 11.5. The van der Waals surface area contributed by atoms with Crippen molar-refractivity contribution >= 4 is 55.5 Å². The molecule has 1 atom stereocenters. The first kappa shape index (κ1) is 16.6. The van der Waals surface area contributed by atoms with Crippen molar-refractivity contribution in [1.82, 2.24) is 9.76 Å². The molecule has 0 aliphatic heterocycles. The summed E-state index contributed by atoms with van der Waals surface area (Å²) in [5.74, 6) is 0. The second kappa shape index (κ2) is 7.09. The lowest BCUT2D eigenvalue weighted by atomic mass is 9.97. The van der Waals surface area contributed by atoms with Gasteiger partial charge in [-0.1, -0.05) is 47.8 Å². The van der Waals surface area contributed by atoms with Crippen LogP contribution in [-0.4, -0.2) is 41.3 Å². The molecule has 0 aliphatic rings. The van der Waals surface area contributed by atoms with Crippen LogP contribution in [0.2, 0.25) is 0 Å². The van der Waals surface area contributed by atoms with Crippen LogP contribution in [0.15, 0.2) is 0 Å². The molecule has 4 nitrogen and oxygen atoms in total. The van der Waals surface area contributed by atoms with Gasteiger partial charge < -0.3 is 9.46 Å². The highest BCUT2D eigenvalue weighted by atomic mass is 79.9. The molecule has 0 aliphatic carbocycles. The van der Waals surface area contributed by atoms with E-state index in [0.717, 1.165) is 16.0 Å². The Morgan fingerprint density at radius 1 is 1.33 bits per heavy atom. The molecule has 92 valence electrons. The van der Waals surface area contributed by atoms with Gasteiger partial charge in [0.2, 0.25) is 0 Å². The molecule has 8 heteroatoms. The number of hydrogen-bond acceptors (Lipinski definition) is 2. The molecule has 0 spiro atoms. The number of alkyl halides is 3. The van der Waals surface area contributed by atoms with Gasteiger partial charge >= 0.3 is 0 Å². The molecule has 0 rings (SSSR count). The topological polar surface area (TPSA) is 55.4 Å². The Balaban J connectivity index is 4.62. The van der Waals surface area contributed by atoms with E-state index in [-0.39, 0.29) is 5.41 Å². The summed E-state index contributed by atoms with van der Waals surface area (Å²) in [6.45, 7) is 0.455. The van der Waals surface area contributed by atoms with E-state index in [1.165, 1.54) is 11.7 Å². The van der Waals surface area contributed by atoms with E-state index in [0.29, 0.717) is 6.54 Å². The minimum Gasteiger partial charge on any atom is -0.776 e. The minimum atomic E-state index is -3.63. The smallest absolute Gasteiger partial charge is 0.145 e. The van der Waals surface area contributed by atoms with Crippen molar-refractivity contribution < 1.29 is 9.46 Å². The van der Waals surface area contributed by atoms with Crippen LogP contribution in [0, 0.1) is 5.41 Å². The Kier molecular flexibility index (Phi) is 7.82. The quantitative estimate of drug-likeness (QED) is 0.495. The van der Waals surface area contributed by atoms with Crippen LogP contribution >= 0.6 is 55.5 Å². The van der Waals surface area contributed by atoms with E-state index in [2.05, 4.69) is 52.9 Å². The molecule has 0 amide bonds. The summed E-state index contributed by atoms with van der Waals surface area (Å²) >= 11 is 10.2. The van der Waals surface area contributed by atoms with Crippen LogP contribution in [-0.2, 0) is 4.57 Å². The van der Waals surface area contributed by atoms with Crippen LogP contribution in [0.3, 0.4) is 0 Å². The number of hydrogen-bond donors (Lipinski definition) is 1. The van der Waals surface area contributed by atoms with Crippen LogP contribution in [0.1, 0.15) is 0 Å². The number of rotatable bonds is 7. The second-order valence-electron chi connectivity index (χ2n) is 3.46. The lowest BCUT2D eigenvalue weighted by Crippen LogP contribution is -2.42. The maximum atomic E-state index is 11.5. The van der Waals surface area contributed by atoms with Crippen molar-refractivity contribution in [2.75, 3.05) is 36.6 Å². The highest BCUT2D eigenvalue weighted by Gasteiger charge is 2.30. The zero-order valence-electron chi connectivity index (χ0n) is 8.67. The first-order valence-electron chi connectivity index (χ1n) is 4.27. The molecule has 0 saturated heterocycles. The van der Waals surface area contributed by atoms with E-state index in [1.54, 1.807) is 7.05 Å². The van der Waals surface area contributed by atoms with Gasteiger partial charge in [0.1, 0.15) is 7.67 Å². The zero-order chi connectivity index (χ0) is 12.1. The molecule has 0 aromatic carbocycles. The average Bonchev–Trinajstić information content (AvgIpc) is 2.25. The summed E-state index contributed by atoms with van der Waals surface area (Å²) in [5.41, 5.74) is -0.133. The van der Waals surface area contributed by atoms with Gasteiger partial charge in [-0.3, -0.25) is 9.76 Å². The largest absolute Gasteiger partial charge is 0.776 e. The summed E-state index contributed by atoms with van der Waals surface area (Å²) in [4.78, 5) is 11.5. The van der Waals surface area contributed by atoms with Crippen LogP contribution in [0.25, 0.3) is 0 Å². The molecular formula is C7H15Br3N2O2P-. The van der Waals surface area contributed by atoms with Crippen LogP contribution in [0.4, 0.5) is 0 Å². The van der Waals surface area contributed by atoms with E-state index in [9.17, 15) is 9.46 Å². The number of nitrogens with one attached hydrogen (secondary N) is 1. The molecule has 15 heavy (non-hydrogen) atoms. The first-order chi connectivity index (χ1) is 6.87. The summed E-state index contributed by atoms with van der Waals surface area (Å²) in [6, 6.07) is 0. The van der Waals surface area contributed by atoms with Crippen molar-refractivity contribution in [2.24, 2.45) is 5.41 Å². The SMILES string of the molecule is CNP(=O)([O-])N(C)CC(CBr)(CBr)CBr. The fourth-order valence-electron chi connectivity index (χ4n) is 0.983. The summed E-state index contributed by atoms with van der Waals surface area (Å²) in [5, 5.41) is 4.50. The van der Waals surface area contributed by atoms with Crippen LogP contribution < -0.4 is 9.98 Å². The monoisotopic (exact) mass is 427 g/mol. The van der Waals surface area contributed by atoms with Gasteiger partial charge in [0.15, 0.2) is 0 Å². The second-order valence-corrected chi connectivity index (χ2v) is 7.31. The molecule has 0 aromatic heterocycles. The zero-order valence-corrected chi connectivity index (χ0v) is 14.3. The molecule has 1 N–H and O–H groups in total. The van der Waals surface area contributed by atoms with E-state index in [4.69, 9.17) is 0 Å². The Bertz CT molecular complexity index is 230. The van der Waals surface area contributed by atoms with Gasteiger partial charge in [-0.25, -0.2) is 0 Å². The predicted molar refractivity (Wildman–Crippen MR) is 73.1 cm³/mol. The molecule has 0 bridgehead atoms. The highest BCUT2D eigenvalue weighted by molar-refractivity contribution is 9.10. The molecular weight excluding hydrogens is 415 g/mol. The van der Waals surface area contributed by atoms with Gasteiger partial charge in [-0.2, -0.15) is 0 Å². The number of nitrogens with zero attached hydrogens (tertiary/aromatic N) is 1. The van der Waals surface area contributed by atoms with Gasteiger partial charge in [-0.15, -0.1) is 0 Å². The molecule has 0 saturated carbocycles. The van der Waals surface area contributed by atoms with E-state index in [1.807, 2.05) is 0 Å². The van der Waals surface area contributed by atoms with Gasteiger partial charge in [-0.05, 0) is 14.1 Å². The van der Waals surface area contributed by atoms with Crippen molar-refractivity contribution in [3.05, 3.63) is 0 Å². The van der Waals surface area contributed by atoms with Crippen molar-refractivity contribution in [3.63, 3.8) is 0 Å². The third-order valence-corrected chi connectivity index (χ3v) is 7.32. The van der Waals surface area contributed by atoms with E-state index >= 15 is 0 Å². The molecule has 0 aromatic rings. The number of halogens is 3.